The zero-order valence-electron chi connectivity index (χ0n) is 12.6. The van der Waals surface area contributed by atoms with Crippen molar-refractivity contribution in [3.05, 3.63) is 22.5 Å². The molecule has 2 heterocycles. The van der Waals surface area contributed by atoms with Crippen LogP contribution >= 0.6 is 0 Å². The van der Waals surface area contributed by atoms with Crippen LogP contribution in [0.15, 0.2) is 0 Å². The Morgan fingerprint density at radius 1 is 0.632 bits per heavy atom. The molecule has 1 heteroatoms. The molecule has 0 radical (unpaired) electrons. The Kier molecular flexibility index (Phi) is 4.30. The van der Waals surface area contributed by atoms with Crippen molar-refractivity contribution in [3.63, 3.8) is 0 Å². The van der Waals surface area contributed by atoms with Crippen molar-refractivity contribution in [3.8, 4) is 0 Å². The van der Waals surface area contributed by atoms with E-state index in [1.165, 1.54) is 83.6 Å². The van der Waals surface area contributed by atoms with E-state index in [0.717, 1.165) is 0 Å². The second kappa shape index (κ2) is 6.15. The Hall–Kier alpha value is -0.720. The number of hydrogen-bond acceptors (Lipinski definition) is 0. The van der Waals surface area contributed by atoms with Crippen molar-refractivity contribution >= 4 is 0 Å². The topological polar surface area (TPSA) is 4.93 Å². The molecule has 0 fully saturated rings. The Bertz CT molecular complexity index is 427. The summed E-state index contributed by atoms with van der Waals surface area (Å²) in [5, 5.41) is 0. The maximum absolute atomic E-state index is 2.75. The van der Waals surface area contributed by atoms with Crippen molar-refractivity contribution < 1.29 is 0 Å². The third-order valence-corrected chi connectivity index (χ3v) is 5.27. The molecular weight excluding hydrogens is 230 g/mol. The van der Waals surface area contributed by atoms with E-state index in [1.807, 2.05) is 0 Å². The van der Waals surface area contributed by atoms with Gasteiger partial charge in [0.25, 0.3) is 0 Å². The highest BCUT2D eigenvalue weighted by Gasteiger charge is 2.20. The summed E-state index contributed by atoms with van der Waals surface area (Å²) < 4.78 is 2.75. The van der Waals surface area contributed by atoms with Gasteiger partial charge in [0.05, 0.1) is 0 Å². The summed E-state index contributed by atoms with van der Waals surface area (Å²) in [5.74, 6) is 0. The number of rotatable bonds is 0. The molecule has 1 nitrogen and oxygen atoms in total. The molecule has 0 atom stereocenters. The third kappa shape index (κ3) is 2.75. The summed E-state index contributed by atoms with van der Waals surface area (Å²) in [6, 6.07) is 0. The van der Waals surface area contributed by atoms with Crippen LogP contribution in [0.25, 0.3) is 0 Å². The van der Waals surface area contributed by atoms with E-state index in [4.69, 9.17) is 0 Å². The van der Waals surface area contributed by atoms with Crippen LogP contribution in [0.4, 0.5) is 0 Å². The molecule has 0 spiro atoms. The largest absolute Gasteiger partial charge is 0.348 e. The highest BCUT2D eigenvalue weighted by Crippen LogP contribution is 2.30. The molecule has 1 aromatic heterocycles. The van der Waals surface area contributed by atoms with Gasteiger partial charge in [-0.05, 0) is 63.0 Å². The molecule has 19 heavy (non-hydrogen) atoms. The number of hydrogen-bond donors (Lipinski definition) is 0. The Labute approximate surface area is 118 Å². The summed E-state index contributed by atoms with van der Waals surface area (Å²) in [6.07, 6.45) is 16.9. The van der Waals surface area contributed by atoms with E-state index >= 15 is 0 Å². The molecule has 106 valence electrons. The summed E-state index contributed by atoms with van der Waals surface area (Å²) in [4.78, 5) is 0. The number of fused-ring (bicyclic) bond motifs is 3. The van der Waals surface area contributed by atoms with Gasteiger partial charge >= 0.3 is 0 Å². The van der Waals surface area contributed by atoms with Crippen LogP contribution < -0.4 is 0 Å². The SMILES string of the molecule is Cc1c2c(n3c1CCCCCC3)CCCCCCC2. The zero-order chi connectivity index (χ0) is 13.1. The van der Waals surface area contributed by atoms with E-state index in [2.05, 4.69) is 11.5 Å². The molecule has 2 aliphatic rings. The predicted molar refractivity (Wildman–Crippen MR) is 81.8 cm³/mol. The van der Waals surface area contributed by atoms with Crippen LogP contribution in [-0.2, 0) is 25.8 Å². The lowest BCUT2D eigenvalue weighted by atomic mass is 10.0. The lowest BCUT2D eigenvalue weighted by molar-refractivity contribution is 0.506. The Morgan fingerprint density at radius 2 is 1.21 bits per heavy atom. The number of aromatic nitrogens is 1. The summed E-state index contributed by atoms with van der Waals surface area (Å²) in [6.45, 7) is 3.70. The minimum atomic E-state index is 1.30. The van der Waals surface area contributed by atoms with Crippen molar-refractivity contribution in [2.45, 2.75) is 90.5 Å². The van der Waals surface area contributed by atoms with Gasteiger partial charge in [-0.2, -0.15) is 0 Å². The van der Waals surface area contributed by atoms with E-state index in [0.29, 0.717) is 0 Å². The molecule has 1 aromatic rings. The standard InChI is InChI=1S/C18H29N/c1-15-16-11-7-3-2-4-9-13-18(16)19-14-10-6-5-8-12-17(15)19/h2-14H2,1H3. The molecule has 0 aromatic carbocycles. The molecule has 0 unspecified atom stereocenters. The van der Waals surface area contributed by atoms with Gasteiger partial charge in [-0.25, -0.2) is 0 Å². The molecule has 0 saturated heterocycles. The van der Waals surface area contributed by atoms with Crippen LogP contribution in [0, 0.1) is 6.92 Å². The van der Waals surface area contributed by atoms with E-state index < -0.39 is 0 Å². The van der Waals surface area contributed by atoms with Gasteiger partial charge in [-0.15, -0.1) is 0 Å². The maximum atomic E-state index is 2.75. The molecule has 0 N–H and O–H groups in total. The molecule has 0 amide bonds. The Morgan fingerprint density at radius 3 is 2.00 bits per heavy atom. The quantitative estimate of drug-likeness (QED) is 0.620. The molecule has 1 aliphatic heterocycles. The lowest BCUT2D eigenvalue weighted by Gasteiger charge is -2.17. The fourth-order valence-corrected chi connectivity index (χ4v) is 4.17. The zero-order valence-corrected chi connectivity index (χ0v) is 12.6. The van der Waals surface area contributed by atoms with Gasteiger partial charge in [-0.3, -0.25) is 0 Å². The monoisotopic (exact) mass is 259 g/mol. The van der Waals surface area contributed by atoms with E-state index in [-0.39, 0.29) is 0 Å². The van der Waals surface area contributed by atoms with Crippen LogP contribution in [-0.4, -0.2) is 4.57 Å². The average molecular weight is 259 g/mol. The lowest BCUT2D eigenvalue weighted by Crippen LogP contribution is -2.10. The van der Waals surface area contributed by atoms with Gasteiger partial charge in [0.15, 0.2) is 0 Å². The van der Waals surface area contributed by atoms with Crippen LogP contribution in [0.3, 0.4) is 0 Å². The summed E-state index contributed by atoms with van der Waals surface area (Å²) in [5.41, 5.74) is 6.85. The highest BCUT2D eigenvalue weighted by atomic mass is 15.0. The Balaban J connectivity index is 1.98. The fraction of sp³-hybridized carbons (Fsp3) is 0.778. The minimum Gasteiger partial charge on any atom is -0.348 e. The molecule has 0 bridgehead atoms. The minimum absolute atomic E-state index is 1.30. The normalized spacial score (nSPS) is 21.3. The first kappa shape index (κ1) is 13.3. The van der Waals surface area contributed by atoms with Crippen molar-refractivity contribution in [2.24, 2.45) is 0 Å². The fourth-order valence-electron chi connectivity index (χ4n) is 4.17. The first-order valence-electron chi connectivity index (χ1n) is 8.57. The van der Waals surface area contributed by atoms with Gasteiger partial charge < -0.3 is 4.57 Å². The first-order chi connectivity index (χ1) is 9.38. The maximum Gasteiger partial charge on any atom is 0.0225 e. The van der Waals surface area contributed by atoms with Gasteiger partial charge in [0.2, 0.25) is 0 Å². The summed E-state index contributed by atoms with van der Waals surface area (Å²) >= 11 is 0. The first-order valence-corrected chi connectivity index (χ1v) is 8.57. The van der Waals surface area contributed by atoms with Crippen molar-refractivity contribution in [1.82, 2.24) is 4.57 Å². The molecular formula is C18H29N. The van der Waals surface area contributed by atoms with Gasteiger partial charge in [0.1, 0.15) is 0 Å². The summed E-state index contributed by atoms with van der Waals surface area (Å²) in [7, 11) is 0. The smallest absolute Gasteiger partial charge is 0.0225 e. The third-order valence-electron chi connectivity index (χ3n) is 5.27. The van der Waals surface area contributed by atoms with E-state index in [9.17, 15) is 0 Å². The van der Waals surface area contributed by atoms with Crippen LogP contribution in [0.1, 0.15) is 80.3 Å². The van der Waals surface area contributed by atoms with Gasteiger partial charge in [0, 0.05) is 17.9 Å². The van der Waals surface area contributed by atoms with Gasteiger partial charge in [-0.1, -0.05) is 32.1 Å². The predicted octanol–water partition coefficient (Wildman–Crippen LogP) is 4.96. The average Bonchev–Trinajstić information content (AvgIpc) is 2.67. The highest BCUT2D eigenvalue weighted by molar-refractivity contribution is 5.38. The van der Waals surface area contributed by atoms with Crippen molar-refractivity contribution in [2.75, 3.05) is 0 Å². The van der Waals surface area contributed by atoms with E-state index in [1.54, 1.807) is 22.5 Å². The number of nitrogens with zero attached hydrogens (tertiary/aromatic N) is 1. The molecule has 1 aliphatic carbocycles. The molecule has 3 rings (SSSR count). The second-order valence-electron chi connectivity index (χ2n) is 6.58. The molecule has 0 saturated carbocycles. The van der Waals surface area contributed by atoms with Crippen molar-refractivity contribution in [1.29, 1.82) is 0 Å². The van der Waals surface area contributed by atoms with Crippen LogP contribution in [0.2, 0.25) is 0 Å². The van der Waals surface area contributed by atoms with Crippen LogP contribution in [0.5, 0.6) is 0 Å². The second-order valence-corrected chi connectivity index (χ2v) is 6.58.